The largest absolute Gasteiger partial charge is 0.508 e. The summed E-state index contributed by atoms with van der Waals surface area (Å²) in [6.45, 7) is 4.64. The van der Waals surface area contributed by atoms with Gasteiger partial charge in [-0.3, -0.25) is 4.21 Å². The number of aromatic hydroxyl groups is 1. The van der Waals surface area contributed by atoms with Gasteiger partial charge in [-0.2, -0.15) is 22.0 Å². The fourth-order valence-electron chi connectivity index (χ4n) is 4.64. The van der Waals surface area contributed by atoms with Crippen molar-refractivity contribution in [2.75, 3.05) is 36.6 Å². The van der Waals surface area contributed by atoms with Crippen LogP contribution < -0.4 is 9.64 Å². The SMILES string of the molecule is CCOc1ccc(C(=C(CC)c2ccccc2)c2ccc(O)cc2)c(N(C)CCS(=O)CCCC(F)(F)C(F)(F)F)c1. The highest BCUT2D eigenvalue weighted by Gasteiger charge is 2.56. The number of anilines is 1. The molecule has 3 aromatic carbocycles. The Bertz CT molecular complexity index is 1360. The number of halogens is 5. The molecule has 0 bridgehead atoms. The lowest BCUT2D eigenvalue weighted by atomic mass is 9.87. The first-order chi connectivity index (χ1) is 19.9. The molecule has 0 fully saturated rings. The highest BCUT2D eigenvalue weighted by Crippen LogP contribution is 2.41. The number of phenols is 1. The maximum absolute atomic E-state index is 13.3. The molecule has 3 aromatic rings. The van der Waals surface area contributed by atoms with Crippen LogP contribution in [0.3, 0.4) is 0 Å². The maximum Gasteiger partial charge on any atom is 0.453 e. The van der Waals surface area contributed by atoms with Crippen LogP contribution in [0, 0.1) is 0 Å². The zero-order valence-corrected chi connectivity index (χ0v) is 24.7. The number of allylic oxidation sites excluding steroid dienone is 1. The van der Waals surface area contributed by atoms with Gasteiger partial charge in [0.2, 0.25) is 0 Å². The summed E-state index contributed by atoms with van der Waals surface area (Å²) >= 11 is 0. The van der Waals surface area contributed by atoms with E-state index < -0.39 is 35.7 Å². The number of alkyl halides is 5. The molecule has 10 heteroatoms. The van der Waals surface area contributed by atoms with E-state index in [4.69, 9.17) is 4.74 Å². The minimum Gasteiger partial charge on any atom is -0.508 e. The lowest BCUT2D eigenvalue weighted by molar-refractivity contribution is -0.284. The molecule has 0 aliphatic heterocycles. The lowest BCUT2D eigenvalue weighted by Crippen LogP contribution is -2.36. The third-order valence-corrected chi connectivity index (χ3v) is 8.21. The first kappa shape index (κ1) is 33.1. The van der Waals surface area contributed by atoms with Gasteiger partial charge in [-0.1, -0.05) is 49.4 Å². The number of rotatable bonds is 14. The zero-order chi connectivity index (χ0) is 30.9. The van der Waals surface area contributed by atoms with Gasteiger partial charge in [-0.15, -0.1) is 0 Å². The summed E-state index contributed by atoms with van der Waals surface area (Å²) in [4.78, 5) is 1.89. The van der Waals surface area contributed by atoms with Gasteiger partial charge < -0.3 is 14.7 Å². The summed E-state index contributed by atoms with van der Waals surface area (Å²) in [6, 6.07) is 22.6. The predicted molar refractivity (Wildman–Crippen MR) is 160 cm³/mol. The summed E-state index contributed by atoms with van der Waals surface area (Å²) < 4.78 is 82.3. The van der Waals surface area contributed by atoms with Crippen LogP contribution in [-0.2, 0) is 10.8 Å². The van der Waals surface area contributed by atoms with E-state index in [0.717, 1.165) is 33.5 Å². The Labute approximate surface area is 246 Å². The standard InChI is InChI=1S/C32H36F5NO3S/c1-4-27(23-10-7-6-8-11-23)30(24-12-14-25(39)15-13-24)28-17-16-26(41-5-2)22-29(28)38(3)19-21-42(40)20-9-18-31(33,34)32(35,36)37/h6-8,10-17,22,39H,4-5,9,18-21H2,1-3H3. The first-order valence-electron chi connectivity index (χ1n) is 13.7. The number of benzene rings is 3. The maximum atomic E-state index is 13.3. The molecule has 1 atom stereocenters. The Hall–Kier alpha value is -3.40. The number of phenolic OH excluding ortho intramolecular Hbond substituents is 1. The second kappa shape index (κ2) is 14.7. The van der Waals surface area contributed by atoms with Crippen LogP contribution in [0.15, 0.2) is 72.8 Å². The molecule has 0 aliphatic rings. The average Bonchev–Trinajstić information content (AvgIpc) is 2.95. The van der Waals surface area contributed by atoms with Crippen LogP contribution >= 0.6 is 0 Å². The van der Waals surface area contributed by atoms with E-state index >= 15 is 0 Å². The second-order valence-corrected chi connectivity index (χ2v) is 11.5. The van der Waals surface area contributed by atoms with Crippen molar-refractivity contribution < 1.29 is 36.0 Å². The fraction of sp³-hybridized carbons (Fsp3) is 0.375. The van der Waals surface area contributed by atoms with Crippen LogP contribution in [0.1, 0.15) is 49.8 Å². The van der Waals surface area contributed by atoms with Crippen LogP contribution in [0.25, 0.3) is 11.1 Å². The summed E-state index contributed by atoms with van der Waals surface area (Å²) in [7, 11) is 0.218. The quantitative estimate of drug-likeness (QED) is 0.148. The Kier molecular flexibility index (Phi) is 11.6. The van der Waals surface area contributed by atoms with Crippen molar-refractivity contribution in [2.24, 2.45) is 0 Å². The third-order valence-electron chi connectivity index (χ3n) is 6.83. The third kappa shape index (κ3) is 8.56. The van der Waals surface area contributed by atoms with Gasteiger partial charge in [0.25, 0.3) is 0 Å². The Morgan fingerprint density at radius 1 is 0.905 bits per heavy atom. The number of hydrogen-bond acceptors (Lipinski definition) is 4. The van der Waals surface area contributed by atoms with E-state index in [0.29, 0.717) is 18.8 Å². The molecular formula is C32H36F5NO3S. The monoisotopic (exact) mass is 609 g/mol. The molecule has 42 heavy (non-hydrogen) atoms. The normalized spacial score (nSPS) is 13.4. The van der Waals surface area contributed by atoms with Crippen molar-refractivity contribution >= 4 is 27.6 Å². The Morgan fingerprint density at radius 3 is 2.17 bits per heavy atom. The molecule has 0 aliphatic carbocycles. The van der Waals surface area contributed by atoms with E-state index in [1.807, 2.05) is 79.5 Å². The average molecular weight is 610 g/mol. The molecule has 4 nitrogen and oxygen atoms in total. The number of hydrogen-bond donors (Lipinski definition) is 1. The van der Waals surface area contributed by atoms with Crippen molar-refractivity contribution in [3.05, 3.63) is 89.5 Å². The molecule has 1 N–H and O–H groups in total. The first-order valence-corrected chi connectivity index (χ1v) is 15.2. The van der Waals surface area contributed by atoms with Gasteiger partial charge in [-0.05, 0) is 66.3 Å². The summed E-state index contributed by atoms with van der Waals surface area (Å²) in [5, 5.41) is 9.96. The summed E-state index contributed by atoms with van der Waals surface area (Å²) in [5.74, 6) is -4.20. The van der Waals surface area contributed by atoms with Crippen molar-refractivity contribution in [2.45, 2.75) is 45.2 Å². The van der Waals surface area contributed by atoms with E-state index in [1.54, 1.807) is 12.1 Å². The smallest absolute Gasteiger partial charge is 0.453 e. The molecule has 0 saturated carbocycles. The van der Waals surface area contributed by atoms with E-state index in [-0.39, 0.29) is 23.8 Å². The van der Waals surface area contributed by atoms with Crippen LogP contribution in [0.5, 0.6) is 11.5 Å². The van der Waals surface area contributed by atoms with Crippen LogP contribution in [0.4, 0.5) is 27.6 Å². The van der Waals surface area contributed by atoms with E-state index in [9.17, 15) is 31.3 Å². The molecular weight excluding hydrogens is 573 g/mol. The van der Waals surface area contributed by atoms with Crippen molar-refractivity contribution in [3.63, 3.8) is 0 Å². The van der Waals surface area contributed by atoms with Gasteiger partial charge in [-0.25, -0.2) is 0 Å². The molecule has 1 unspecified atom stereocenters. The Morgan fingerprint density at radius 2 is 1.57 bits per heavy atom. The van der Waals surface area contributed by atoms with E-state index in [1.165, 1.54) is 0 Å². The highest BCUT2D eigenvalue weighted by atomic mass is 32.2. The summed E-state index contributed by atoms with van der Waals surface area (Å²) in [5.41, 5.74) is 5.54. The minimum atomic E-state index is -5.61. The van der Waals surface area contributed by atoms with Crippen LogP contribution in [-0.4, -0.2) is 53.1 Å². The molecule has 0 amide bonds. The van der Waals surface area contributed by atoms with E-state index in [2.05, 4.69) is 6.92 Å². The van der Waals surface area contributed by atoms with Gasteiger partial charge in [0, 0.05) is 59.6 Å². The Balaban J connectivity index is 1.97. The molecule has 0 spiro atoms. The molecule has 3 rings (SSSR count). The van der Waals surface area contributed by atoms with Crippen molar-refractivity contribution in [1.82, 2.24) is 0 Å². The zero-order valence-electron chi connectivity index (χ0n) is 23.9. The topological polar surface area (TPSA) is 49.8 Å². The van der Waals surface area contributed by atoms with Gasteiger partial charge >= 0.3 is 12.1 Å². The molecule has 228 valence electrons. The van der Waals surface area contributed by atoms with Crippen molar-refractivity contribution in [3.8, 4) is 11.5 Å². The van der Waals surface area contributed by atoms with Gasteiger partial charge in [0.15, 0.2) is 0 Å². The highest BCUT2D eigenvalue weighted by molar-refractivity contribution is 7.85. The minimum absolute atomic E-state index is 0.0873. The van der Waals surface area contributed by atoms with Crippen molar-refractivity contribution in [1.29, 1.82) is 0 Å². The van der Waals surface area contributed by atoms with Crippen LogP contribution in [0.2, 0.25) is 0 Å². The number of nitrogens with zero attached hydrogens (tertiary/aromatic N) is 1. The molecule has 0 aromatic heterocycles. The predicted octanol–water partition coefficient (Wildman–Crippen LogP) is 8.32. The fourth-order valence-corrected chi connectivity index (χ4v) is 5.79. The second-order valence-electron chi connectivity index (χ2n) is 9.81. The van der Waals surface area contributed by atoms with Gasteiger partial charge in [0.05, 0.1) is 6.61 Å². The molecule has 0 radical (unpaired) electrons. The molecule has 0 heterocycles. The van der Waals surface area contributed by atoms with Gasteiger partial charge in [0.1, 0.15) is 11.5 Å². The number of ether oxygens (including phenoxy) is 1. The summed E-state index contributed by atoms with van der Waals surface area (Å²) in [6.07, 6.45) is -6.81. The molecule has 0 saturated heterocycles. The lowest BCUT2D eigenvalue weighted by Gasteiger charge is -2.26.